The fraction of sp³-hybridized carbons (Fsp3) is 0.462. The van der Waals surface area contributed by atoms with Crippen LogP contribution in [0.5, 0.6) is 0 Å². The highest BCUT2D eigenvalue weighted by molar-refractivity contribution is 5.42. The minimum Gasteiger partial charge on any atom is -0.328 e. The molecule has 1 saturated carbocycles. The van der Waals surface area contributed by atoms with Crippen molar-refractivity contribution in [3.8, 4) is 0 Å². The van der Waals surface area contributed by atoms with Gasteiger partial charge in [-0.1, -0.05) is 6.07 Å². The van der Waals surface area contributed by atoms with Gasteiger partial charge in [-0.15, -0.1) is 0 Å². The van der Waals surface area contributed by atoms with Gasteiger partial charge in [-0.05, 0) is 37.8 Å². The first-order valence-corrected chi connectivity index (χ1v) is 5.95. The van der Waals surface area contributed by atoms with Crippen LogP contribution in [0.3, 0.4) is 0 Å². The summed E-state index contributed by atoms with van der Waals surface area (Å²) in [5.41, 5.74) is 9.39. The summed E-state index contributed by atoms with van der Waals surface area (Å²) in [6, 6.07) is 4.43. The second kappa shape index (κ2) is 3.59. The van der Waals surface area contributed by atoms with Crippen LogP contribution in [0.4, 0.5) is 0 Å². The standard InChI is InChI=1S/C13H17N3/c1-9(14)6-10-2-5-13-15-12(11-3-4-11)8-16(13)7-10/h2,5,7-9,11H,3-4,6,14H2,1H3. The molecule has 2 aromatic heterocycles. The van der Waals surface area contributed by atoms with E-state index in [1.807, 2.05) is 6.92 Å². The monoisotopic (exact) mass is 215 g/mol. The summed E-state index contributed by atoms with van der Waals surface area (Å²) >= 11 is 0. The number of nitrogens with zero attached hydrogens (tertiary/aromatic N) is 2. The summed E-state index contributed by atoms with van der Waals surface area (Å²) in [5, 5.41) is 0. The molecule has 0 bridgehead atoms. The van der Waals surface area contributed by atoms with Crippen molar-refractivity contribution in [3.63, 3.8) is 0 Å². The van der Waals surface area contributed by atoms with Gasteiger partial charge in [-0.25, -0.2) is 4.98 Å². The molecule has 1 aliphatic carbocycles. The molecule has 0 saturated heterocycles. The number of hydrogen-bond acceptors (Lipinski definition) is 2. The minimum absolute atomic E-state index is 0.212. The molecule has 1 aliphatic rings. The van der Waals surface area contributed by atoms with Gasteiger partial charge in [0.25, 0.3) is 0 Å². The predicted molar refractivity (Wildman–Crippen MR) is 64.5 cm³/mol. The smallest absolute Gasteiger partial charge is 0.136 e. The molecule has 0 radical (unpaired) electrons. The molecule has 84 valence electrons. The maximum atomic E-state index is 5.81. The largest absolute Gasteiger partial charge is 0.328 e. The van der Waals surface area contributed by atoms with Gasteiger partial charge in [0.2, 0.25) is 0 Å². The molecule has 0 aliphatic heterocycles. The van der Waals surface area contributed by atoms with E-state index in [0.29, 0.717) is 0 Å². The van der Waals surface area contributed by atoms with Gasteiger partial charge in [-0.2, -0.15) is 0 Å². The number of nitrogens with two attached hydrogens (primary N) is 1. The zero-order valence-electron chi connectivity index (χ0n) is 9.56. The molecular formula is C13H17N3. The molecule has 3 rings (SSSR count). The zero-order valence-corrected chi connectivity index (χ0v) is 9.56. The number of imidazole rings is 1. The van der Waals surface area contributed by atoms with E-state index in [4.69, 9.17) is 5.73 Å². The second-order valence-electron chi connectivity index (χ2n) is 4.92. The molecule has 16 heavy (non-hydrogen) atoms. The van der Waals surface area contributed by atoms with Crippen LogP contribution in [-0.2, 0) is 6.42 Å². The minimum atomic E-state index is 0.212. The van der Waals surface area contributed by atoms with E-state index in [2.05, 4.69) is 33.9 Å². The SMILES string of the molecule is CC(N)Cc1ccc2nc(C3CC3)cn2c1. The summed E-state index contributed by atoms with van der Waals surface area (Å²) in [5.74, 6) is 0.719. The molecule has 3 nitrogen and oxygen atoms in total. The van der Waals surface area contributed by atoms with Gasteiger partial charge in [0.15, 0.2) is 0 Å². The maximum Gasteiger partial charge on any atom is 0.136 e. The van der Waals surface area contributed by atoms with Crippen LogP contribution >= 0.6 is 0 Å². The molecule has 3 heteroatoms. The Morgan fingerprint density at radius 2 is 2.25 bits per heavy atom. The van der Waals surface area contributed by atoms with Crippen molar-refractivity contribution in [2.75, 3.05) is 0 Å². The fourth-order valence-corrected chi connectivity index (χ4v) is 2.13. The molecule has 1 fully saturated rings. The number of pyridine rings is 1. The molecule has 1 atom stereocenters. The van der Waals surface area contributed by atoms with Crippen LogP contribution in [0.2, 0.25) is 0 Å². The number of rotatable bonds is 3. The summed E-state index contributed by atoms with van der Waals surface area (Å²) in [6.07, 6.45) is 7.84. The summed E-state index contributed by atoms with van der Waals surface area (Å²) < 4.78 is 2.13. The molecule has 0 amide bonds. The number of aromatic nitrogens is 2. The normalized spacial score (nSPS) is 17.9. The predicted octanol–water partition coefficient (Wildman–Crippen LogP) is 2.10. The van der Waals surface area contributed by atoms with E-state index in [-0.39, 0.29) is 6.04 Å². The van der Waals surface area contributed by atoms with Crippen molar-refractivity contribution in [3.05, 3.63) is 35.8 Å². The third-order valence-electron chi connectivity index (χ3n) is 3.08. The Balaban J connectivity index is 1.96. The van der Waals surface area contributed by atoms with Gasteiger partial charge in [0, 0.05) is 24.4 Å². The van der Waals surface area contributed by atoms with E-state index < -0.39 is 0 Å². The number of fused-ring (bicyclic) bond motifs is 1. The topological polar surface area (TPSA) is 43.3 Å². The van der Waals surface area contributed by atoms with E-state index in [0.717, 1.165) is 18.0 Å². The van der Waals surface area contributed by atoms with Crippen molar-refractivity contribution < 1.29 is 0 Å². The van der Waals surface area contributed by atoms with Crippen LogP contribution in [0.25, 0.3) is 5.65 Å². The average Bonchev–Trinajstić information content (AvgIpc) is 2.98. The lowest BCUT2D eigenvalue weighted by atomic mass is 10.1. The number of hydrogen-bond donors (Lipinski definition) is 1. The van der Waals surface area contributed by atoms with Crippen molar-refractivity contribution in [2.24, 2.45) is 5.73 Å². The highest BCUT2D eigenvalue weighted by Crippen LogP contribution is 2.39. The summed E-state index contributed by atoms with van der Waals surface area (Å²) in [7, 11) is 0. The Morgan fingerprint density at radius 3 is 2.94 bits per heavy atom. The zero-order chi connectivity index (χ0) is 11.1. The Labute approximate surface area is 95.3 Å². The summed E-state index contributed by atoms with van der Waals surface area (Å²) in [6.45, 7) is 2.04. The van der Waals surface area contributed by atoms with Crippen molar-refractivity contribution in [1.29, 1.82) is 0 Å². The Morgan fingerprint density at radius 1 is 1.44 bits per heavy atom. The highest BCUT2D eigenvalue weighted by atomic mass is 15.0. The Hall–Kier alpha value is -1.35. The lowest BCUT2D eigenvalue weighted by Gasteiger charge is -2.05. The van der Waals surface area contributed by atoms with Crippen LogP contribution in [0, 0.1) is 0 Å². The van der Waals surface area contributed by atoms with Crippen LogP contribution in [-0.4, -0.2) is 15.4 Å². The highest BCUT2D eigenvalue weighted by Gasteiger charge is 2.26. The second-order valence-corrected chi connectivity index (χ2v) is 4.92. The van der Waals surface area contributed by atoms with Gasteiger partial charge in [0.05, 0.1) is 5.69 Å². The van der Waals surface area contributed by atoms with Gasteiger partial charge < -0.3 is 10.1 Å². The molecule has 2 heterocycles. The van der Waals surface area contributed by atoms with E-state index in [1.165, 1.54) is 24.1 Å². The Kier molecular flexibility index (Phi) is 2.21. The first kappa shape index (κ1) is 9.85. The third kappa shape index (κ3) is 1.83. The van der Waals surface area contributed by atoms with Crippen molar-refractivity contribution in [1.82, 2.24) is 9.38 Å². The lowest BCUT2D eigenvalue weighted by Crippen LogP contribution is -2.17. The van der Waals surface area contributed by atoms with E-state index in [1.54, 1.807) is 0 Å². The molecular weight excluding hydrogens is 198 g/mol. The lowest BCUT2D eigenvalue weighted by molar-refractivity contribution is 0.734. The quantitative estimate of drug-likeness (QED) is 0.852. The van der Waals surface area contributed by atoms with E-state index in [9.17, 15) is 0 Å². The Bertz CT molecular complexity index is 509. The van der Waals surface area contributed by atoms with Crippen molar-refractivity contribution in [2.45, 2.75) is 38.1 Å². The van der Waals surface area contributed by atoms with E-state index >= 15 is 0 Å². The maximum absolute atomic E-state index is 5.81. The molecule has 0 aromatic carbocycles. The van der Waals surface area contributed by atoms with Crippen LogP contribution in [0.1, 0.15) is 36.9 Å². The third-order valence-corrected chi connectivity index (χ3v) is 3.08. The first-order chi connectivity index (χ1) is 7.72. The molecule has 2 N–H and O–H groups in total. The van der Waals surface area contributed by atoms with Crippen LogP contribution in [0.15, 0.2) is 24.5 Å². The van der Waals surface area contributed by atoms with Gasteiger partial charge >= 0.3 is 0 Å². The average molecular weight is 215 g/mol. The fourth-order valence-electron chi connectivity index (χ4n) is 2.13. The van der Waals surface area contributed by atoms with Crippen molar-refractivity contribution >= 4 is 5.65 Å². The van der Waals surface area contributed by atoms with Gasteiger partial charge in [0.1, 0.15) is 5.65 Å². The molecule has 1 unspecified atom stereocenters. The van der Waals surface area contributed by atoms with Crippen LogP contribution < -0.4 is 5.73 Å². The molecule has 2 aromatic rings. The summed E-state index contributed by atoms with van der Waals surface area (Å²) in [4.78, 5) is 4.63. The first-order valence-electron chi connectivity index (χ1n) is 5.95. The molecule has 0 spiro atoms. The van der Waals surface area contributed by atoms with Gasteiger partial charge in [-0.3, -0.25) is 0 Å².